The molecule has 3 aliphatic heterocycles. The number of rotatable bonds is 11. The Labute approximate surface area is 289 Å². The van der Waals surface area contributed by atoms with Crippen LogP contribution in [0.15, 0.2) is 41.3 Å². The molecular weight excluding hydrogens is 651 g/mol. The Balaban J connectivity index is 1.14. The number of aldehydes is 1. The number of nitrogens with zero attached hydrogens (tertiary/aromatic N) is 4. The smallest absolute Gasteiger partial charge is 0.407 e. The fourth-order valence-corrected chi connectivity index (χ4v) is 7.89. The standard InChI is InChI=1S/C35H47FN6O6S/c1-35(2,3)48-34(46)38-26-10-12-41(13-11-26)49(47)27-8-5-7-24(19-27)22-39-14-16-40(17-15-39)31-20-25-23-42(33(45)28(25)21-29(31)36)30(9-6-18-43)32(44)37-4/h5,7-8,18-21,26,30H,6,9-17,22-23H2,1-4H3,(H,37,44)(H,38,46). The van der Waals surface area contributed by atoms with E-state index in [1.807, 2.05) is 54.2 Å². The third-order valence-electron chi connectivity index (χ3n) is 9.12. The van der Waals surface area contributed by atoms with E-state index in [1.54, 1.807) is 6.07 Å². The number of fused-ring (bicyclic) bond motifs is 1. The quantitative estimate of drug-likeness (QED) is 0.343. The molecule has 3 amide bonds. The van der Waals surface area contributed by atoms with E-state index in [9.17, 15) is 23.4 Å². The highest BCUT2D eigenvalue weighted by Crippen LogP contribution is 2.33. The molecule has 2 fully saturated rings. The third kappa shape index (κ3) is 9.03. The maximum atomic E-state index is 15.4. The van der Waals surface area contributed by atoms with E-state index >= 15 is 4.39 Å². The second kappa shape index (κ2) is 15.8. The Bertz CT molecular complexity index is 1570. The van der Waals surface area contributed by atoms with E-state index < -0.39 is 40.4 Å². The van der Waals surface area contributed by atoms with Crippen LogP contribution < -0.4 is 15.5 Å². The molecular formula is C35H47FN6O6S. The van der Waals surface area contributed by atoms with Crippen LogP contribution in [-0.4, -0.2) is 107 Å². The minimum absolute atomic E-state index is 0.0174. The maximum Gasteiger partial charge on any atom is 0.407 e. The van der Waals surface area contributed by atoms with E-state index in [0.717, 1.165) is 16.7 Å². The highest BCUT2D eigenvalue weighted by atomic mass is 32.2. The molecule has 2 aromatic rings. The zero-order chi connectivity index (χ0) is 35.3. The predicted octanol–water partition coefficient (Wildman–Crippen LogP) is 3.21. The van der Waals surface area contributed by atoms with Crippen LogP contribution in [0.2, 0.25) is 0 Å². The fraction of sp³-hybridized carbons (Fsp3) is 0.543. The number of halogens is 1. The van der Waals surface area contributed by atoms with Gasteiger partial charge in [0.1, 0.15) is 34.7 Å². The molecule has 2 atom stereocenters. The summed E-state index contributed by atoms with van der Waals surface area (Å²) in [6, 6.07) is 9.97. The molecule has 3 aliphatic rings. The monoisotopic (exact) mass is 698 g/mol. The zero-order valence-electron chi connectivity index (χ0n) is 28.7. The molecule has 2 saturated heterocycles. The van der Waals surface area contributed by atoms with Crippen molar-refractivity contribution in [1.29, 1.82) is 0 Å². The average Bonchev–Trinajstić information content (AvgIpc) is 3.38. The molecule has 49 heavy (non-hydrogen) atoms. The van der Waals surface area contributed by atoms with Gasteiger partial charge >= 0.3 is 6.09 Å². The van der Waals surface area contributed by atoms with Crippen molar-refractivity contribution in [3.63, 3.8) is 0 Å². The zero-order valence-corrected chi connectivity index (χ0v) is 29.5. The molecule has 3 heterocycles. The summed E-state index contributed by atoms with van der Waals surface area (Å²) in [4.78, 5) is 55.2. The first-order valence-corrected chi connectivity index (χ1v) is 18.0. The first kappa shape index (κ1) is 36.4. The van der Waals surface area contributed by atoms with Gasteiger partial charge in [-0.1, -0.05) is 12.1 Å². The number of hydrogen-bond donors (Lipinski definition) is 2. The molecule has 0 saturated carbocycles. The molecule has 2 aromatic carbocycles. The normalized spacial score (nSPS) is 18.9. The van der Waals surface area contributed by atoms with Crippen LogP contribution in [0.25, 0.3) is 0 Å². The molecule has 14 heteroatoms. The Hall–Kier alpha value is -3.88. The SMILES string of the molecule is CNC(=O)C(CCC=O)N1Cc2cc(N3CCN(Cc4cccc(S(=O)N5CCC(NC(=O)OC(C)(C)C)CC5)c4)CC3)c(F)cc2C1=O. The maximum absolute atomic E-state index is 15.4. The first-order valence-electron chi connectivity index (χ1n) is 16.9. The molecule has 12 nitrogen and oxygen atoms in total. The van der Waals surface area contributed by atoms with Gasteiger partial charge in [-0.2, -0.15) is 0 Å². The van der Waals surface area contributed by atoms with E-state index in [2.05, 4.69) is 15.5 Å². The molecule has 0 aliphatic carbocycles. The number of carbonyl (C=O) groups is 4. The van der Waals surface area contributed by atoms with Gasteiger partial charge in [0.25, 0.3) is 5.91 Å². The van der Waals surface area contributed by atoms with Crippen LogP contribution in [0.3, 0.4) is 0 Å². The third-order valence-corrected chi connectivity index (χ3v) is 10.6. The van der Waals surface area contributed by atoms with E-state index in [1.165, 1.54) is 18.0 Å². The first-order chi connectivity index (χ1) is 23.4. The lowest BCUT2D eigenvalue weighted by Crippen LogP contribution is -2.46. The number of piperazine rings is 1. The number of alkyl carbamates (subject to hydrolysis) is 1. The lowest BCUT2D eigenvalue weighted by molar-refractivity contribution is -0.125. The van der Waals surface area contributed by atoms with Crippen molar-refractivity contribution in [1.82, 2.24) is 24.7 Å². The van der Waals surface area contributed by atoms with E-state index in [4.69, 9.17) is 4.74 Å². The van der Waals surface area contributed by atoms with Gasteiger partial charge < -0.3 is 30.0 Å². The molecule has 2 unspecified atom stereocenters. The minimum atomic E-state index is -1.32. The summed E-state index contributed by atoms with van der Waals surface area (Å²) in [6.07, 6.45) is 2.01. The van der Waals surface area contributed by atoms with Crippen LogP contribution in [-0.2, 0) is 38.4 Å². The van der Waals surface area contributed by atoms with Gasteiger partial charge in [-0.15, -0.1) is 0 Å². The van der Waals surface area contributed by atoms with Gasteiger partial charge in [-0.05, 0) is 75.4 Å². The minimum Gasteiger partial charge on any atom is -0.444 e. The molecule has 0 spiro atoms. The van der Waals surface area contributed by atoms with Crippen molar-refractivity contribution in [2.24, 2.45) is 0 Å². The molecule has 0 radical (unpaired) electrons. The van der Waals surface area contributed by atoms with Gasteiger partial charge in [0.15, 0.2) is 0 Å². The van der Waals surface area contributed by atoms with Gasteiger partial charge in [0.2, 0.25) is 5.91 Å². The van der Waals surface area contributed by atoms with Crippen LogP contribution in [0.5, 0.6) is 0 Å². The number of benzene rings is 2. The number of hydrogen-bond acceptors (Lipinski definition) is 8. The summed E-state index contributed by atoms with van der Waals surface area (Å²) in [5.41, 5.74) is 1.83. The van der Waals surface area contributed by atoms with E-state index in [-0.39, 0.29) is 36.9 Å². The summed E-state index contributed by atoms with van der Waals surface area (Å²) in [5, 5.41) is 5.48. The fourth-order valence-electron chi connectivity index (χ4n) is 6.61. The lowest BCUT2D eigenvalue weighted by Gasteiger charge is -2.36. The number of nitrogens with one attached hydrogen (secondary N) is 2. The Kier molecular flexibility index (Phi) is 11.7. The van der Waals surface area contributed by atoms with Gasteiger partial charge in [-0.25, -0.2) is 17.7 Å². The summed E-state index contributed by atoms with van der Waals surface area (Å²) in [6.45, 7) is 10.1. The Morgan fingerprint density at radius 1 is 1.08 bits per heavy atom. The summed E-state index contributed by atoms with van der Waals surface area (Å²) in [5.74, 6) is -1.25. The lowest BCUT2D eigenvalue weighted by atomic mass is 10.1. The van der Waals surface area contributed by atoms with Crippen molar-refractivity contribution < 1.29 is 32.5 Å². The number of piperidine rings is 1. The highest BCUT2D eigenvalue weighted by Gasteiger charge is 2.37. The molecule has 5 rings (SSSR count). The van der Waals surface area contributed by atoms with Gasteiger partial charge in [0.05, 0.1) is 10.6 Å². The number of amides is 3. The van der Waals surface area contributed by atoms with Crippen LogP contribution in [0.4, 0.5) is 14.9 Å². The molecule has 0 aromatic heterocycles. The largest absolute Gasteiger partial charge is 0.444 e. The van der Waals surface area contributed by atoms with Crippen LogP contribution >= 0.6 is 0 Å². The van der Waals surface area contributed by atoms with Crippen molar-refractivity contribution in [2.75, 3.05) is 51.2 Å². The van der Waals surface area contributed by atoms with E-state index in [0.29, 0.717) is 69.9 Å². The average molecular weight is 699 g/mol. The Morgan fingerprint density at radius 3 is 2.45 bits per heavy atom. The summed E-state index contributed by atoms with van der Waals surface area (Å²) < 4.78 is 36.2. The van der Waals surface area contributed by atoms with Crippen LogP contribution in [0, 0.1) is 5.82 Å². The molecule has 2 N–H and O–H groups in total. The van der Waals surface area contributed by atoms with Crippen LogP contribution in [0.1, 0.15) is 67.9 Å². The number of likely N-dealkylation sites (N-methyl/N-ethyl adjacent to an activating group) is 1. The topological polar surface area (TPSA) is 132 Å². The van der Waals surface area contributed by atoms with Gasteiger partial charge in [-0.3, -0.25) is 14.5 Å². The summed E-state index contributed by atoms with van der Waals surface area (Å²) in [7, 11) is 0.164. The van der Waals surface area contributed by atoms with Gasteiger partial charge in [0, 0.05) is 77.4 Å². The Morgan fingerprint density at radius 2 is 1.80 bits per heavy atom. The van der Waals surface area contributed by atoms with Crippen molar-refractivity contribution in [3.8, 4) is 0 Å². The second-order valence-electron chi connectivity index (χ2n) is 13.8. The second-order valence-corrected chi connectivity index (χ2v) is 15.3. The van der Waals surface area contributed by atoms with Crippen molar-refractivity contribution >= 4 is 40.9 Å². The highest BCUT2D eigenvalue weighted by molar-refractivity contribution is 7.82. The summed E-state index contributed by atoms with van der Waals surface area (Å²) >= 11 is 0. The number of ether oxygens (including phenoxy) is 1. The predicted molar refractivity (Wildman–Crippen MR) is 184 cm³/mol. The number of anilines is 1. The molecule has 266 valence electrons. The van der Waals surface area contributed by atoms with Crippen molar-refractivity contribution in [3.05, 3.63) is 58.9 Å². The van der Waals surface area contributed by atoms with Crippen molar-refractivity contribution in [2.45, 2.75) is 82.1 Å². The number of carbonyl (C=O) groups excluding carboxylic acids is 4. The molecule has 0 bridgehead atoms.